The predicted octanol–water partition coefficient (Wildman–Crippen LogP) is 10.4. The van der Waals surface area contributed by atoms with Crippen LogP contribution in [0.4, 0.5) is 0 Å². The van der Waals surface area contributed by atoms with E-state index in [9.17, 15) is 0 Å². The van der Waals surface area contributed by atoms with Crippen LogP contribution in [0, 0.1) is 87.6 Å². The van der Waals surface area contributed by atoms with Gasteiger partial charge in [-0.2, -0.15) is 0 Å². The molecule has 0 aromatic carbocycles. The SMILES string of the molecule is CCC1(C)CC12CC21CC12CC21CC12CC21CC1CC1CC1(C)C1(C)CC1(C)C1(C)CC1(C)C1(C)CC1(C)C. The van der Waals surface area contributed by atoms with Gasteiger partial charge in [0, 0.05) is 0 Å². The molecule has 15 unspecified atom stereocenters. The van der Waals surface area contributed by atoms with Gasteiger partial charge in [0.2, 0.25) is 0 Å². The molecule has 0 N–H and O–H groups in total. The molecule has 0 nitrogen and oxygen atoms in total. The molecule has 11 saturated carbocycles. The van der Waals surface area contributed by atoms with Gasteiger partial charge < -0.3 is 0 Å². The van der Waals surface area contributed by atoms with Gasteiger partial charge in [0.1, 0.15) is 0 Å². The third-order valence-electron chi connectivity index (χ3n) is 22.2. The van der Waals surface area contributed by atoms with Gasteiger partial charge in [0.15, 0.2) is 0 Å². The molecule has 0 amide bonds. The van der Waals surface area contributed by atoms with Crippen LogP contribution in [0.15, 0.2) is 0 Å². The lowest BCUT2D eigenvalue weighted by atomic mass is 9.67. The second kappa shape index (κ2) is 4.90. The van der Waals surface area contributed by atoms with Crippen molar-refractivity contribution in [2.24, 2.45) is 87.6 Å². The van der Waals surface area contributed by atoms with Gasteiger partial charge in [0.25, 0.3) is 0 Å². The van der Waals surface area contributed by atoms with E-state index in [-0.39, 0.29) is 0 Å². The van der Waals surface area contributed by atoms with Gasteiger partial charge in [-0.25, -0.2) is 0 Å². The minimum Gasteiger partial charge on any atom is -0.0648 e. The minimum atomic E-state index is 0.558. The quantitative estimate of drug-likeness (QED) is 0.323. The van der Waals surface area contributed by atoms with Gasteiger partial charge in [-0.3, -0.25) is 0 Å². The average Bonchev–Trinajstić information content (AvgIpc) is 3.65. The van der Waals surface area contributed by atoms with Crippen molar-refractivity contribution < 1.29 is 0 Å². The van der Waals surface area contributed by atoms with Crippen LogP contribution in [0.25, 0.3) is 0 Å². The zero-order chi connectivity index (χ0) is 27.3. The van der Waals surface area contributed by atoms with Crippen LogP contribution < -0.4 is 0 Å². The summed E-state index contributed by atoms with van der Waals surface area (Å²) in [5, 5.41) is 0. The number of rotatable bonds is 6. The van der Waals surface area contributed by atoms with E-state index in [0.29, 0.717) is 37.9 Å². The highest BCUT2D eigenvalue weighted by Gasteiger charge is 3.12. The summed E-state index contributed by atoms with van der Waals surface area (Å²) < 4.78 is 0. The van der Waals surface area contributed by atoms with Crippen molar-refractivity contribution in [2.45, 2.75) is 153 Å². The average molecular weight is 527 g/mol. The van der Waals surface area contributed by atoms with Crippen LogP contribution in [0.5, 0.6) is 0 Å². The molecule has 0 heterocycles. The van der Waals surface area contributed by atoms with Gasteiger partial charge >= 0.3 is 0 Å². The molecule has 11 rings (SSSR count). The molecule has 0 saturated heterocycles. The molecule has 11 aliphatic carbocycles. The largest absolute Gasteiger partial charge is 0.0648 e. The first-order valence-electron chi connectivity index (χ1n) is 17.8. The highest BCUT2D eigenvalue weighted by atomic mass is 15.2. The smallest absolute Gasteiger partial charge is 0.0161 e. The fourth-order valence-electron chi connectivity index (χ4n) is 17.6. The zero-order valence-electron chi connectivity index (χ0n) is 27.3. The van der Waals surface area contributed by atoms with E-state index in [1.807, 2.05) is 0 Å². The van der Waals surface area contributed by atoms with Crippen LogP contribution in [0.2, 0.25) is 0 Å². The topological polar surface area (TPSA) is 0 Å². The Labute approximate surface area is 240 Å². The molecule has 0 aromatic heterocycles. The molecule has 15 atom stereocenters. The maximum atomic E-state index is 2.77. The number of hydrogen-bond acceptors (Lipinski definition) is 0. The lowest BCUT2D eigenvalue weighted by Crippen LogP contribution is -2.32. The zero-order valence-corrected chi connectivity index (χ0v) is 27.3. The van der Waals surface area contributed by atoms with Gasteiger partial charge in [-0.05, 0) is 165 Å². The highest BCUT2D eigenvalue weighted by molar-refractivity contribution is 5.60. The molecule has 11 aliphatic rings. The van der Waals surface area contributed by atoms with Crippen molar-refractivity contribution >= 4 is 0 Å². The molecule has 0 aromatic rings. The van der Waals surface area contributed by atoms with E-state index in [0.717, 1.165) is 49.7 Å². The highest BCUT2D eigenvalue weighted by Crippen LogP contribution is 3.19. The van der Waals surface area contributed by atoms with Crippen molar-refractivity contribution in [1.82, 2.24) is 0 Å². The Morgan fingerprint density at radius 3 is 1.59 bits per heavy atom. The monoisotopic (exact) mass is 526 g/mol. The summed E-state index contributed by atoms with van der Waals surface area (Å²) in [5.74, 6) is 2.18. The van der Waals surface area contributed by atoms with Crippen molar-refractivity contribution in [3.63, 3.8) is 0 Å². The van der Waals surface area contributed by atoms with E-state index in [1.54, 1.807) is 57.8 Å². The normalized spacial score (nSPS) is 80.2. The summed E-state index contributed by atoms with van der Waals surface area (Å²) in [7, 11) is 0. The third-order valence-corrected chi connectivity index (χ3v) is 22.2. The fourth-order valence-corrected chi connectivity index (χ4v) is 17.6. The Bertz CT molecular complexity index is 1370. The van der Waals surface area contributed by atoms with Crippen molar-refractivity contribution in [2.75, 3.05) is 0 Å². The second-order valence-corrected chi connectivity index (χ2v) is 22.1. The fraction of sp³-hybridized carbons (Fsp3) is 1.00. The summed E-state index contributed by atoms with van der Waals surface area (Å²) in [6.45, 7) is 26.6. The second-order valence-electron chi connectivity index (χ2n) is 22.1. The summed E-state index contributed by atoms with van der Waals surface area (Å²) in [4.78, 5) is 0. The van der Waals surface area contributed by atoms with Crippen LogP contribution in [0.3, 0.4) is 0 Å². The van der Waals surface area contributed by atoms with Crippen molar-refractivity contribution in [1.29, 1.82) is 0 Å². The first kappa shape index (κ1) is 23.5. The predicted molar refractivity (Wildman–Crippen MR) is 158 cm³/mol. The summed E-state index contributed by atoms with van der Waals surface area (Å²) in [5.41, 5.74) is 10.1. The van der Waals surface area contributed by atoms with E-state index in [1.165, 1.54) is 25.7 Å². The molecule has 0 aliphatic heterocycles. The Kier molecular flexibility index (Phi) is 2.95. The number of hydrogen-bond donors (Lipinski definition) is 0. The van der Waals surface area contributed by atoms with E-state index in [2.05, 4.69) is 69.2 Å². The van der Waals surface area contributed by atoms with Crippen LogP contribution in [-0.4, -0.2) is 0 Å². The van der Waals surface area contributed by atoms with E-state index in [4.69, 9.17) is 0 Å². The molecule has 214 valence electrons. The standard InChI is InChI=1S/C39H58/c1-11-27(4)16-35(27)20-37(35)22-39(37)23-38(39)21-36(38)19-34(36)14-25(34)12-24-13-28(24,5)30(7)17-32(30,9)33(10)18-31(33,8)29(6)15-26(29,2)3/h24-25H,11-23H2,1-10H3. The van der Waals surface area contributed by atoms with Crippen molar-refractivity contribution in [3.8, 4) is 0 Å². The van der Waals surface area contributed by atoms with Crippen LogP contribution in [-0.2, 0) is 0 Å². The van der Waals surface area contributed by atoms with Crippen LogP contribution in [0.1, 0.15) is 153 Å². The molecular weight excluding hydrogens is 468 g/mol. The summed E-state index contributed by atoms with van der Waals surface area (Å²) >= 11 is 0. The van der Waals surface area contributed by atoms with E-state index >= 15 is 0 Å². The molecule has 0 bridgehead atoms. The number of fused-ring (bicyclic) bond motifs is 5. The van der Waals surface area contributed by atoms with Crippen molar-refractivity contribution in [3.05, 3.63) is 0 Å². The lowest BCUT2D eigenvalue weighted by molar-refractivity contribution is 0.101. The maximum absolute atomic E-state index is 2.77. The first-order valence-corrected chi connectivity index (χ1v) is 17.8. The molecule has 0 radical (unpaired) electrons. The Hall–Kier alpha value is 0. The first-order chi connectivity index (χ1) is 17.8. The van der Waals surface area contributed by atoms with Gasteiger partial charge in [-0.15, -0.1) is 0 Å². The molecule has 11 fully saturated rings. The third kappa shape index (κ3) is 1.72. The van der Waals surface area contributed by atoms with Crippen LogP contribution >= 0.6 is 0 Å². The minimum absolute atomic E-state index is 0.558. The summed E-state index contributed by atoms with van der Waals surface area (Å²) in [6.07, 6.45) is 20.8. The van der Waals surface area contributed by atoms with Gasteiger partial charge in [-0.1, -0.05) is 75.7 Å². The summed E-state index contributed by atoms with van der Waals surface area (Å²) in [6, 6.07) is 0. The van der Waals surface area contributed by atoms with E-state index < -0.39 is 0 Å². The Morgan fingerprint density at radius 1 is 0.462 bits per heavy atom. The molecule has 6 spiro atoms. The van der Waals surface area contributed by atoms with Gasteiger partial charge in [0.05, 0.1) is 0 Å². The molecule has 0 heteroatoms. The lowest BCUT2D eigenvalue weighted by Gasteiger charge is -2.37. The Balaban J connectivity index is 0.777. The Morgan fingerprint density at radius 2 is 0.974 bits per heavy atom. The maximum Gasteiger partial charge on any atom is -0.0161 e. The molecular formula is C39H58. The molecule has 39 heavy (non-hydrogen) atoms.